The van der Waals surface area contributed by atoms with E-state index >= 15 is 0 Å². The molecule has 4 nitrogen and oxygen atoms in total. The fourth-order valence-electron chi connectivity index (χ4n) is 1.20. The van der Waals surface area contributed by atoms with Crippen LogP contribution in [0.2, 0.25) is 0 Å². The highest BCUT2D eigenvalue weighted by atomic mass is 16.1. The van der Waals surface area contributed by atoms with Crippen LogP contribution in [0, 0.1) is 22.7 Å². The van der Waals surface area contributed by atoms with Gasteiger partial charge in [-0.3, -0.25) is 4.79 Å². The first-order valence-corrected chi connectivity index (χ1v) is 5.36. The first-order chi connectivity index (χ1) is 6.96. The van der Waals surface area contributed by atoms with Gasteiger partial charge in [0.15, 0.2) is 0 Å². The summed E-state index contributed by atoms with van der Waals surface area (Å²) >= 11 is 0. The van der Waals surface area contributed by atoms with E-state index in [9.17, 15) is 4.79 Å². The summed E-state index contributed by atoms with van der Waals surface area (Å²) in [5.41, 5.74) is 4.99. The van der Waals surface area contributed by atoms with Gasteiger partial charge in [-0.15, -0.1) is 0 Å². The topological polar surface area (TPSA) is 78.9 Å². The van der Waals surface area contributed by atoms with Gasteiger partial charge in [-0.05, 0) is 20.3 Å². The molecule has 0 aliphatic carbocycles. The monoisotopic (exact) mass is 211 g/mol. The highest BCUT2D eigenvalue weighted by Gasteiger charge is 2.21. The molecule has 0 saturated heterocycles. The van der Waals surface area contributed by atoms with Crippen LogP contribution in [0.5, 0.6) is 0 Å². The Labute approximate surface area is 91.8 Å². The maximum absolute atomic E-state index is 11.6. The van der Waals surface area contributed by atoms with Crippen LogP contribution in [0.15, 0.2) is 0 Å². The minimum absolute atomic E-state index is 0.0392. The molecule has 0 rings (SSSR count). The zero-order chi connectivity index (χ0) is 11.9. The minimum Gasteiger partial charge on any atom is -0.354 e. The molecular formula is C11H21N3O. The molecule has 0 saturated carbocycles. The Kier molecular flexibility index (Phi) is 5.95. The van der Waals surface area contributed by atoms with Crippen molar-refractivity contribution in [3.05, 3.63) is 0 Å². The maximum atomic E-state index is 11.6. The van der Waals surface area contributed by atoms with Gasteiger partial charge < -0.3 is 11.1 Å². The molecule has 0 heterocycles. The van der Waals surface area contributed by atoms with Crippen molar-refractivity contribution in [2.24, 2.45) is 17.1 Å². The Morgan fingerprint density at radius 1 is 1.60 bits per heavy atom. The van der Waals surface area contributed by atoms with E-state index in [0.29, 0.717) is 13.1 Å². The summed E-state index contributed by atoms with van der Waals surface area (Å²) in [6, 6.07) is 2.14. The summed E-state index contributed by atoms with van der Waals surface area (Å²) < 4.78 is 0. The smallest absolute Gasteiger partial charge is 0.224 e. The molecule has 1 amide bonds. The third kappa shape index (κ3) is 5.38. The largest absolute Gasteiger partial charge is 0.354 e. The minimum atomic E-state index is -0.513. The van der Waals surface area contributed by atoms with Crippen molar-refractivity contribution in [1.29, 1.82) is 5.26 Å². The Morgan fingerprint density at radius 3 is 2.60 bits per heavy atom. The second-order valence-electron chi connectivity index (χ2n) is 4.43. The van der Waals surface area contributed by atoms with Crippen LogP contribution >= 0.6 is 0 Å². The summed E-state index contributed by atoms with van der Waals surface area (Å²) in [6.45, 7) is 6.36. The van der Waals surface area contributed by atoms with Crippen molar-refractivity contribution in [3.63, 3.8) is 0 Å². The molecule has 0 aromatic rings. The summed E-state index contributed by atoms with van der Waals surface area (Å²) in [6.07, 6.45) is 1.74. The first kappa shape index (κ1) is 13.9. The molecule has 0 radical (unpaired) electrons. The van der Waals surface area contributed by atoms with Gasteiger partial charge in [0.05, 0.1) is 17.4 Å². The van der Waals surface area contributed by atoms with Gasteiger partial charge in [0.2, 0.25) is 5.91 Å². The van der Waals surface area contributed by atoms with Gasteiger partial charge in [-0.2, -0.15) is 5.26 Å². The summed E-state index contributed by atoms with van der Waals surface area (Å²) in [4.78, 5) is 11.6. The Bertz CT molecular complexity index is 243. The van der Waals surface area contributed by atoms with Crippen molar-refractivity contribution < 1.29 is 4.79 Å². The highest BCUT2D eigenvalue weighted by molar-refractivity contribution is 5.78. The summed E-state index contributed by atoms with van der Waals surface area (Å²) in [5, 5.41) is 11.5. The van der Waals surface area contributed by atoms with Gasteiger partial charge in [0, 0.05) is 13.1 Å². The van der Waals surface area contributed by atoms with Crippen LogP contribution in [0.3, 0.4) is 0 Å². The number of carbonyl (C=O) groups excluding carboxylic acids is 1. The number of hydrogen-bond acceptors (Lipinski definition) is 3. The van der Waals surface area contributed by atoms with Crippen molar-refractivity contribution >= 4 is 5.91 Å². The number of hydrogen-bond donors (Lipinski definition) is 2. The number of nitriles is 1. The number of nitrogens with one attached hydrogen (secondary N) is 1. The molecule has 15 heavy (non-hydrogen) atoms. The fourth-order valence-corrected chi connectivity index (χ4v) is 1.20. The molecule has 86 valence electrons. The Morgan fingerprint density at radius 2 is 2.20 bits per heavy atom. The molecule has 0 spiro atoms. The second-order valence-corrected chi connectivity index (χ2v) is 4.43. The van der Waals surface area contributed by atoms with Crippen LogP contribution in [-0.4, -0.2) is 19.0 Å². The SMILES string of the molecule is CCCC(CN)C(=O)NCC(C)(C)C#N. The molecule has 0 aliphatic rings. The highest BCUT2D eigenvalue weighted by Crippen LogP contribution is 2.11. The van der Waals surface area contributed by atoms with Gasteiger partial charge in [-0.1, -0.05) is 13.3 Å². The van der Waals surface area contributed by atoms with Crippen molar-refractivity contribution in [1.82, 2.24) is 5.32 Å². The molecule has 3 N–H and O–H groups in total. The number of amides is 1. The van der Waals surface area contributed by atoms with Crippen LogP contribution in [0.25, 0.3) is 0 Å². The number of nitrogens with two attached hydrogens (primary N) is 1. The van der Waals surface area contributed by atoms with E-state index < -0.39 is 5.41 Å². The molecule has 1 atom stereocenters. The van der Waals surface area contributed by atoms with E-state index in [1.165, 1.54) is 0 Å². The lowest BCUT2D eigenvalue weighted by molar-refractivity contribution is -0.125. The lowest BCUT2D eigenvalue weighted by Crippen LogP contribution is -2.39. The Balaban J connectivity index is 4.08. The van der Waals surface area contributed by atoms with Gasteiger partial charge in [-0.25, -0.2) is 0 Å². The third-order valence-corrected chi connectivity index (χ3v) is 2.30. The van der Waals surface area contributed by atoms with E-state index in [-0.39, 0.29) is 11.8 Å². The van der Waals surface area contributed by atoms with Crippen molar-refractivity contribution in [2.45, 2.75) is 33.6 Å². The Hall–Kier alpha value is -1.08. The average Bonchev–Trinajstić information content (AvgIpc) is 2.22. The molecule has 0 aromatic carbocycles. The molecule has 1 unspecified atom stereocenters. The van der Waals surface area contributed by atoms with Crippen LogP contribution in [-0.2, 0) is 4.79 Å². The fraction of sp³-hybridized carbons (Fsp3) is 0.818. The number of rotatable bonds is 6. The predicted octanol–water partition coefficient (Wildman–Crippen LogP) is 1.03. The van der Waals surface area contributed by atoms with E-state index in [1.54, 1.807) is 13.8 Å². The maximum Gasteiger partial charge on any atom is 0.224 e. The lowest BCUT2D eigenvalue weighted by atomic mass is 9.95. The molecule has 0 aliphatic heterocycles. The quantitative estimate of drug-likeness (QED) is 0.688. The zero-order valence-electron chi connectivity index (χ0n) is 9.84. The van der Waals surface area contributed by atoms with E-state index in [2.05, 4.69) is 11.4 Å². The standard InChI is InChI=1S/C11H21N3O/c1-4-5-9(6-12)10(15)14-8-11(2,3)7-13/h9H,4-6,8,12H2,1-3H3,(H,14,15). The number of nitrogens with zero attached hydrogens (tertiary/aromatic N) is 1. The second kappa shape index (κ2) is 6.41. The third-order valence-electron chi connectivity index (χ3n) is 2.30. The van der Waals surface area contributed by atoms with Gasteiger partial charge in [0.1, 0.15) is 0 Å². The average molecular weight is 211 g/mol. The van der Waals surface area contributed by atoms with Crippen molar-refractivity contribution in [2.75, 3.05) is 13.1 Å². The predicted molar refractivity (Wildman–Crippen MR) is 59.9 cm³/mol. The van der Waals surface area contributed by atoms with Gasteiger partial charge in [0.25, 0.3) is 0 Å². The summed E-state index contributed by atoms with van der Waals surface area (Å²) in [7, 11) is 0. The molecule has 4 heteroatoms. The van der Waals surface area contributed by atoms with Crippen LogP contribution in [0.1, 0.15) is 33.6 Å². The number of carbonyl (C=O) groups is 1. The van der Waals surface area contributed by atoms with Crippen LogP contribution in [0.4, 0.5) is 0 Å². The molecule has 0 aromatic heterocycles. The van der Waals surface area contributed by atoms with E-state index in [1.807, 2.05) is 6.92 Å². The van der Waals surface area contributed by atoms with E-state index in [0.717, 1.165) is 12.8 Å². The molecule has 0 fully saturated rings. The van der Waals surface area contributed by atoms with Crippen LogP contribution < -0.4 is 11.1 Å². The lowest BCUT2D eigenvalue weighted by Gasteiger charge is -2.19. The molecular weight excluding hydrogens is 190 g/mol. The van der Waals surface area contributed by atoms with E-state index in [4.69, 9.17) is 11.0 Å². The zero-order valence-corrected chi connectivity index (χ0v) is 9.84. The summed E-state index contributed by atoms with van der Waals surface area (Å²) in [5.74, 6) is -0.160. The first-order valence-electron chi connectivity index (χ1n) is 5.36. The van der Waals surface area contributed by atoms with Gasteiger partial charge >= 0.3 is 0 Å². The normalized spacial score (nSPS) is 13.0. The molecule has 0 bridgehead atoms. The van der Waals surface area contributed by atoms with Crippen molar-refractivity contribution in [3.8, 4) is 6.07 Å².